The van der Waals surface area contributed by atoms with Gasteiger partial charge in [0.2, 0.25) is 0 Å². The zero-order valence-corrected chi connectivity index (χ0v) is 6.81. The highest BCUT2D eigenvalue weighted by Crippen LogP contribution is 1.93. The molecule has 0 saturated carbocycles. The molecule has 0 aliphatic rings. The Balaban J connectivity index is 3.84. The van der Waals surface area contributed by atoms with E-state index in [0.29, 0.717) is 5.17 Å². The van der Waals surface area contributed by atoms with Crippen molar-refractivity contribution >= 4 is 16.8 Å². The number of allylic oxidation sites excluding steroid dienone is 2. The molecular formula is C7H12ClN. The number of hydrogen-bond donors (Lipinski definition) is 0. The number of nitrogens with zero attached hydrogens (tertiary/aromatic N) is 1. The first kappa shape index (κ1) is 8.70. The van der Waals surface area contributed by atoms with Crippen molar-refractivity contribution in [2.75, 3.05) is 0 Å². The fourth-order valence-electron chi connectivity index (χ4n) is 0.427. The third-order valence-corrected chi connectivity index (χ3v) is 0.909. The van der Waals surface area contributed by atoms with E-state index in [1.165, 1.54) is 0 Å². The quantitative estimate of drug-likeness (QED) is 0.530. The van der Waals surface area contributed by atoms with Crippen LogP contribution in [0.2, 0.25) is 0 Å². The Labute approximate surface area is 61.4 Å². The van der Waals surface area contributed by atoms with Crippen LogP contribution in [0.1, 0.15) is 20.8 Å². The van der Waals surface area contributed by atoms with Gasteiger partial charge in [0.15, 0.2) is 0 Å². The highest BCUT2D eigenvalue weighted by molar-refractivity contribution is 6.68. The number of halogens is 1. The predicted octanol–water partition coefficient (Wildman–Crippen LogP) is 2.61. The Morgan fingerprint density at radius 3 is 2.44 bits per heavy atom. The van der Waals surface area contributed by atoms with Gasteiger partial charge in [0.1, 0.15) is 5.17 Å². The van der Waals surface area contributed by atoms with Crippen molar-refractivity contribution in [2.45, 2.75) is 26.8 Å². The molecule has 9 heavy (non-hydrogen) atoms. The minimum absolute atomic E-state index is 0.286. The van der Waals surface area contributed by atoms with Gasteiger partial charge in [-0.05, 0) is 26.8 Å². The predicted molar refractivity (Wildman–Crippen MR) is 43.2 cm³/mol. The minimum atomic E-state index is 0.286. The standard InChI is InChI=1S/C7H12ClN/c1-4-5-7(8)9-6(2)3/h4-6H,1-3H3/b5-4-,9-7?. The lowest BCUT2D eigenvalue weighted by atomic mass is 10.4. The van der Waals surface area contributed by atoms with Gasteiger partial charge in [0.25, 0.3) is 0 Å². The normalized spacial score (nSPS) is 13.7. The Morgan fingerprint density at radius 2 is 2.11 bits per heavy atom. The fraction of sp³-hybridized carbons (Fsp3) is 0.571. The van der Waals surface area contributed by atoms with E-state index in [0.717, 1.165) is 0 Å². The van der Waals surface area contributed by atoms with Gasteiger partial charge in [-0.3, -0.25) is 4.99 Å². The summed E-state index contributed by atoms with van der Waals surface area (Å²) >= 11 is 5.64. The van der Waals surface area contributed by atoms with Crippen LogP contribution in [0.15, 0.2) is 17.1 Å². The van der Waals surface area contributed by atoms with Crippen LogP contribution in [-0.4, -0.2) is 11.2 Å². The molecule has 0 saturated heterocycles. The molecule has 0 N–H and O–H groups in total. The molecule has 0 fully saturated rings. The summed E-state index contributed by atoms with van der Waals surface area (Å²) in [5.74, 6) is 0. The Kier molecular flexibility index (Phi) is 4.41. The van der Waals surface area contributed by atoms with Crippen molar-refractivity contribution in [1.82, 2.24) is 0 Å². The number of hydrogen-bond acceptors (Lipinski definition) is 1. The van der Waals surface area contributed by atoms with E-state index in [9.17, 15) is 0 Å². The third kappa shape index (κ3) is 5.57. The van der Waals surface area contributed by atoms with Gasteiger partial charge in [0.05, 0.1) is 0 Å². The van der Waals surface area contributed by atoms with Gasteiger partial charge >= 0.3 is 0 Å². The molecule has 0 heterocycles. The number of rotatable bonds is 2. The monoisotopic (exact) mass is 145 g/mol. The maximum Gasteiger partial charge on any atom is 0.123 e. The Hall–Kier alpha value is -0.300. The van der Waals surface area contributed by atoms with E-state index in [4.69, 9.17) is 11.6 Å². The van der Waals surface area contributed by atoms with E-state index < -0.39 is 0 Å². The Morgan fingerprint density at radius 1 is 1.56 bits per heavy atom. The van der Waals surface area contributed by atoms with Crippen LogP contribution >= 0.6 is 11.6 Å². The minimum Gasteiger partial charge on any atom is -0.270 e. The zero-order chi connectivity index (χ0) is 7.28. The maximum atomic E-state index is 5.64. The summed E-state index contributed by atoms with van der Waals surface area (Å²) in [6, 6.07) is 0.286. The van der Waals surface area contributed by atoms with Crippen molar-refractivity contribution < 1.29 is 0 Å². The second kappa shape index (κ2) is 4.57. The van der Waals surface area contributed by atoms with Crippen LogP contribution in [0.25, 0.3) is 0 Å². The molecule has 0 spiro atoms. The molecule has 0 amide bonds. The first-order chi connectivity index (χ1) is 4.16. The summed E-state index contributed by atoms with van der Waals surface area (Å²) in [6.07, 6.45) is 3.65. The molecule has 52 valence electrons. The van der Waals surface area contributed by atoms with Crippen LogP contribution in [-0.2, 0) is 0 Å². The topological polar surface area (TPSA) is 12.4 Å². The molecule has 0 aliphatic carbocycles. The highest BCUT2D eigenvalue weighted by atomic mass is 35.5. The summed E-state index contributed by atoms with van der Waals surface area (Å²) < 4.78 is 0. The van der Waals surface area contributed by atoms with Gasteiger partial charge in [-0.15, -0.1) is 0 Å². The lowest BCUT2D eigenvalue weighted by Crippen LogP contribution is -1.91. The van der Waals surface area contributed by atoms with E-state index in [2.05, 4.69) is 4.99 Å². The zero-order valence-electron chi connectivity index (χ0n) is 6.06. The van der Waals surface area contributed by atoms with Gasteiger partial charge in [0, 0.05) is 6.04 Å². The first-order valence-corrected chi connectivity index (χ1v) is 3.40. The van der Waals surface area contributed by atoms with Gasteiger partial charge < -0.3 is 0 Å². The first-order valence-electron chi connectivity index (χ1n) is 3.02. The van der Waals surface area contributed by atoms with Crippen molar-refractivity contribution in [3.63, 3.8) is 0 Å². The van der Waals surface area contributed by atoms with E-state index in [-0.39, 0.29) is 6.04 Å². The molecule has 0 aromatic rings. The largest absolute Gasteiger partial charge is 0.270 e. The summed E-state index contributed by atoms with van der Waals surface area (Å²) in [4.78, 5) is 4.06. The molecule has 0 bridgehead atoms. The lowest BCUT2D eigenvalue weighted by molar-refractivity contribution is 0.840. The van der Waals surface area contributed by atoms with E-state index >= 15 is 0 Å². The smallest absolute Gasteiger partial charge is 0.123 e. The summed E-state index contributed by atoms with van der Waals surface area (Å²) in [7, 11) is 0. The molecule has 2 heteroatoms. The summed E-state index contributed by atoms with van der Waals surface area (Å²) in [5, 5.41) is 0.576. The van der Waals surface area contributed by atoms with Gasteiger partial charge in [-0.25, -0.2) is 0 Å². The van der Waals surface area contributed by atoms with E-state index in [1.807, 2.05) is 26.8 Å². The number of aliphatic imine (C=N–C) groups is 1. The van der Waals surface area contributed by atoms with Gasteiger partial charge in [-0.1, -0.05) is 17.7 Å². The van der Waals surface area contributed by atoms with Crippen LogP contribution in [0.5, 0.6) is 0 Å². The molecule has 0 aliphatic heterocycles. The molecule has 0 aromatic carbocycles. The molecule has 0 aromatic heterocycles. The average Bonchev–Trinajstić information content (AvgIpc) is 1.63. The average molecular weight is 146 g/mol. The SMILES string of the molecule is C/C=C\C(Cl)=NC(C)C. The third-order valence-electron chi connectivity index (χ3n) is 0.686. The van der Waals surface area contributed by atoms with Crippen molar-refractivity contribution in [2.24, 2.45) is 4.99 Å². The molecule has 1 nitrogen and oxygen atoms in total. The lowest BCUT2D eigenvalue weighted by Gasteiger charge is -1.93. The second-order valence-corrected chi connectivity index (χ2v) is 2.43. The van der Waals surface area contributed by atoms with E-state index in [1.54, 1.807) is 6.08 Å². The summed E-state index contributed by atoms with van der Waals surface area (Å²) in [5.41, 5.74) is 0. The molecule has 0 radical (unpaired) electrons. The fourth-order valence-corrected chi connectivity index (χ4v) is 0.748. The van der Waals surface area contributed by atoms with Crippen molar-refractivity contribution in [3.05, 3.63) is 12.2 Å². The van der Waals surface area contributed by atoms with Crippen LogP contribution in [0.4, 0.5) is 0 Å². The maximum absolute atomic E-state index is 5.64. The second-order valence-electron chi connectivity index (χ2n) is 2.05. The molecule has 0 atom stereocenters. The van der Waals surface area contributed by atoms with Crippen molar-refractivity contribution in [3.8, 4) is 0 Å². The highest BCUT2D eigenvalue weighted by Gasteiger charge is 1.87. The Bertz CT molecular complexity index is 125. The van der Waals surface area contributed by atoms with Crippen LogP contribution in [0, 0.1) is 0 Å². The summed E-state index contributed by atoms with van der Waals surface area (Å²) in [6.45, 7) is 5.90. The molecule has 0 rings (SSSR count). The molecule has 0 unspecified atom stereocenters. The van der Waals surface area contributed by atoms with Gasteiger partial charge in [-0.2, -0.15) is 0 Å². The molecular weight excluding hydrogens is 134 g/mol. The van der Waals surface area contributed by atoms with Crippen LogP contribution < -0.4 is 0 Å². The van der Waals surface area contributed by atoms with Crippen LogP contribution in [0.3, 0.4) is 0 Å². The van der Waals surface area contributed by atoms with Crippen molar-refractivity contribution in [1.29, 1.82) is 0 Å².